The first-order valence-electron chi connectivity index (χ1n) is 4.06. The van der Waals surface area contributed by atoms with Gasteiger partial charge < -0.3 is 0 Å². The van der Waals surface area contributed by atoms with E-state index < -0.39 is 0 Å². The lowest BCUT2D eigenvalue weighted by Crippen LogP contribution is -1.87. The Morgan fingerprint density at radius 1 is 1.38 bits per heavy atom. The van der Waals surface area contributed by atoms with Gasteiger partial charge in [-0.25, -0.2) is 0 Å². The van der Waals surface area contributed by atoms with Crippen molar-refractivity contribution in [2.45, 2.75) is 0 Å². The topological polar surface area (TPSA) is 17.1 Å². The van der Waals surface area contributed by atoms with E-state index in [1.54, 1.807) is 11.8 Å². The van der Waals surface area contributed by atoms with Crippen LogP contribution in [0.4, 0.5) is 0 Å². The van der Waals surface area contributed by atoms with Gasteiger partial charge in [0.2, 0.25) is 0 Å². The first kappa shape index (κ1) is 10.1. The van der Waals surface area contributed by atoms with Crippen LogP contribution in [0.15, 0.2) is 35.9 Å². The van der Waals surface area contributed by atoms with Crippen molar-refractivity contribution in [3.8, 4) is 0 Å². The molecule has 2 heteroatoms. The zero-order valence-corrected chi connectivity index (χ0v) is 8.38. The lowest BCUT2D eigenvalue weighted by Gasteiger charge is -1.96. The molecule has 0 heterocycles. The molecule has 0 aromatic heterocycles. The van der Waals surface area contributed by atoms with E-state index in [0.717, 1.165) is 23.2 Å². The monoisotopic (exact) mass is 192 g/mol. The van der Waals surface area contributed by atoms with E-state index >= 15 is 0 Å². The molecule has 0 saturated heterocycles. The van der Waals surface area contributed by atoms with Crippen LogP contribution in [0.25, 0.3) is 6.08 Å². The van der Waals surface area contributed by atoms with Crippen molar-refractivity contribution >= 4 is 24.1 Å². The minimum absolute atomic E-state index is 0.776. The van der Waals surface area contributed by atoms with Gasteiger partial charge in [0.05, 0.1) is 0 Å². The average molecular weight is 192 g/mol. The normalized spacial score (nSPS) is 11.3. The van der Waals surface area contributed by atoms with Gasteiger partial charge in [-0.1, -0.05) is 30.3 Å². The summed E-state index contributed by atoms with van der Waals surface area (Å²) in [5.41, 5.74) is 1.91. The predicted molar refractivity (Wildman–Crippen MR) is 58.9 cm³/mol. The third kappa shape index (κ3) is 3.47. The van der Waals surface area contributed by atoms with E-state index in [1.807, 2.05) is 42.7 Å². The molecule has 68 valence electrons. The van der Waals surface area contributed by atoms with Crippen LogP contribution in [0.2, 0.25) is 0 Å². The number of rotatable bonds is 4. The van der Waals surface area contributed by atoms with E-state index in [-0.39, 0.29) is 0 Å². The molecule has 1 aromatic rings. The molecule has 0 unspecified atom stereocenters. The third-order valence-electron chi connectivity index (χ3n) is 1.61. The molecule has 1 rings (SSSR count). The molecule has 0 aliphatic heterocycles. The van der Waals surface area contributed by atoms with Gasteiger partial charge in [-0.05, 0) is 17.9 Å². The molecular formula is C11H12OS. The van der Waals surface area contributed by atoms with E-state index in [9.17, 15) is 4.79 Å². The van der Waals surface area contributed by atoms with Gasteiger partial charge in [-0.3, -0.25) is 4.79 Å². The van der Waals surface area contributed by atoms with E-state index in [4.69, 9.17) is 0 Å². The van der Waals surface area contributed by atoms with Crippen molar-refractivity contribution in [1.82, 2.24) is 0 Å². The fraction of sp³-hybridized carbons (Fsp3) is 0.182. The van der Waals surface area contributed by atoms with E-state index in [1.165, 1.54) is 0 Å². The van der Waals surface area contributed by atoms with Gasteiger partial charge in [-0.2, -0.15) is 11.8 Å². The largest absolute Gasteiger partial charge is 0.298 e. The number of aldehydes is 1. The maximum Gasteiger partial charge on any atom is 0.146 e. The Morgan fingerprint density at radius 3 is 2.62 bits per heavy atom. The quantitative estimate of drug-likeness (QED) is 0.539. The fourth-order valence-corrected chi connectivity index (χ4v) is 1.52. The second kappa shape index (κ2) is 5.60. The summed E-state index contributed by atoms with van der Waals surface area (Å²) in [6.45, 7) is 0. The summed E-state index contributed by atoms with van der Waals surface area (Å²) in [5, 5.41) is 0. The van der Waals surface area contributed by atoms with Gasteiger partial charge in [0.1, 0.15) is 6.29 Å². The Morgan fingerprint density at radius 2 is 2.08 bits per heavy atom. The Kier molecular flexibility index (Phi) is 4.33. The summed E-state index contributed by atoms with van der Waals surface area (Å²) < 4.78 is 0. The van der Waals surface area contributed by atoms with Crippen molar-refractivity contribution in [3.05, 3.63) is 41.5 Å². The Hall–Kier alpha value is -1.02. The second-order valence-corrected chi connectivity index (χ2v) is 3.55. The van der Waals surface area contributed by atoms with Crippen molar-refractivity contribution in [1.29, 1.82) is 0 Å². The summed E-state index contributed by atoms with van der Waals surface area (Å²) in [6, 6.07) is 9.88. The van der Waals surface area contributed by atoms with Gasteiger partial charge in [0.25, 0.3) is 0 Å². The number of hydrogen-bond donors (Lipinski definition) is 0. The minimum Gasteiger partial charge on any atom is -0.298 e. The highest BCUT2D eigenvalue weighted by molar-refractivity contribution is 7.98. The number of carbonyl (C=O) groups is 1. The highest BCUT2D eigenvalue weighted by Gasteiger charge is 1.93. The van der Waals surface area contributed by atoms with Crippen LogP contribution in [0.3, 0.4) is 0 Å². The van der Waals surface area contributed by atoms with Crippen LogP contribution in [-0.2, 0) is 4.79 Å². The SMILES string of the molecule is CSC/C(C=O)=C/c1ccccc1. The molecule has 0 aliphatic carbocycles. The number of benzene rings is 1. The maximum atomic E-state index is 10.6. The number of carbonyl (C=O) groups excluding carboxylic acids is 1. The van der Waals surface area contributed by atoms with Gasteiger partial charge in [-0.15, -0.1) is 0 Å². The molecule has 0 bridgehead atoms. The lowest BCUT2D eigenvalue weighted by molar-refractivity contribution is -0.104. The lowest BCUT2D eigenvalue weighted by atomic mass is 10.1. The smallest absolute Gasteiger partial charge is 0.146 e. The number of hydrogen-bond acceptors (Lipinski definition) is 2. The summed E-state index contributed by atoms with van der Waals surface area (Å²) >= 11 is 1.65. The van der Waals surface area contributed by atoms with Crippen LogP contribution in [0, 0.1) is 0 Å². The van der Waals surface area contributed by atoms with Crippen molar-refractivity contribution in [3.63, 3.8) is 0 Å². The summed E-state index contributed by atoms with van der Waals surface area (Å²) in [5.74, 6) is 0.776. The average Bonchev–Trinajstić information content (AvgIpc) is 2.19. The van der Waals surface area contributed by atoms with Gasteiger partial charge in [0.15, 0.2) is 0 Å². The molecule has 0 aliphatic rings. The molecular weight excluding hydrogens is 180 g/mol. The van der Waals surface area contributed by atoms with E-state index in [2.05, 4.69) is 0 Å². The Balaban J connectivity index is 2.79. The first-order chi connectivity index (χ1) is 6.36. The highest BCUT2D eigenvalue weighted by atomic mass is 32.2. The standard InChI is InChI=1S/C11H12OS/c1-13-9-11(8-12)7-10-5-3-2-4-6-10/h2-8H,9H2,1H3/b11-7+. The van der Waals surface area contributed by atoms with Crippen molar-refractivity contribution < 1.29 is 4.79 Å². The molecule has 13 heavy (non-hydrogen) atoms. The van der Waals surface area contributed by atoms with Crippen LogP contribution in [-0.4, -0.2) is 18.3 Å². The molecule has 0 amide bonds. The van der Waals surface area contributed by atoms with Gasteiger partial charge >= 0.3 is 0 Å². The van der Waals surface area contributed by atoms with Crippen LogP contribution in [0.1, 0.15) is 5.56 Å². The molecule has 0 saturated carbocycles. The second-order valence-electron chi connectivity index (χ2n) is 2.68. The van der Waals surface area contributed by atoms with Crippen LogP contribution in [0.5, 0.6) is 0 Å². The van der Waals surface area contributed by atoms with Crippen molar-refractivity contribution in [2.24, 2.45) is 0 Å². The predicted octanol–water partition coefficient (Wildman–Crippen LogP) is 2.63. The molecule has 0 N–H and O–H groups in total. The molecule has 1 aromatic carbocycles. The fourth-order valence-electron chi connectivity index (χ4n) is 1.04. The van der Waals surface area contributed by atoms with Crippen LogP contribution >= 0.6 is 11.8 Å². The van der Waals surface area contributed by atoms with Crippen LogP contribution < -0.4 is 0 Å². The molecule has 0 spiro atoms. The summed E-state index contributed by atoms with van der Waals surface area (Å²) in [7, 11) is 0. The molecule has 0 atom stereocenters. The number of thioether (sulfide) groups is 1. The van der Waals surface area contributed by atoms with E-state index in [0.29, 0.717) is 0 Å². The third-order valence-corrected chi connectivity index (χ3v) is 2.24. The maximum absolute atomic E-state index is 10.6. The summed E-state index contributed by atoms with van der Waals surface area (Å²) in [6.07, 6.45) is 4.83. The molecule has 0 fully saturated rings. The zero-order chi connectivity index (χ0) is 9.52. The minimum atomic E-state index is 0.776. The first-order valence-corrected chi connectivity index (χ1v) is 5.46. The summed E-state index contributed by atoms with van der Waals surface area (Å²) in [4.78, 5) is 10.6. The van der Waals surface area contributed by atoms with Crippen molar-refractivity contribution in [2.75, 3.05) is 12.0 Å². The Bertz CT molecular complexity index is 290. The highest BCUT2D eigenvalue weighted by Crippen LogP contribution is 2.08. The zero-order valence-electron chi connectivity index (χ0n) is 7.57. The molecule has 0 radical (unpaired) electrons. The molecule has 1 nitrogen and oxygen atoms in total. The Labute approximate surface area is 82.9 Å². The van der Waals surface area contributed by atoms with Gasteiger partial charge in [0, 0.05) is 11.3 Å².